The largest absolute Gasteiger partial charge is 0.391 e. The lowest BCUT2D eigenvalue weighted by Crippen LogP contribution is -2.43. The quantitative estimate of drug-likeness (QED) is 0.890. The first-order chi connectivity index (χ1) is 9.52. The Labute approximate surface area is 120 Å². The lowest BCUT2D eigenvalue weighted by atomic mass is 9.94. The van der Waals surface area contributed by atoms with E-state index in [-0.39, 0.29) is 18.0 Å². The third-order valence-corrected chi connectivity index (χ3v) is 4.23. The molecule has 1 aromatic carbocycles. The minimum Gasteiger partial charge on any atom is -0.391 e. The van der Waals surface area contributed by atoms with Gasteiger partial charge in [-0.1, -0.05) is 13.8 Å². The maximum atomic E-state index is 13.6. The van der Waals surface area contributed by atoms with Crippen molar-refractivity contribution < 1.29 is 9.50 Å². The first-order valence-corrected chi connectivity index (χ1v) is 7.48. The summed E-state index contributed by atoms with van der Waals surface area (Å²) in [6.07, 6.45) is 0.657. The number of rotatable bonds is 4. The molecule has 1 aliphatic rings. The van der Waals surface area contributed by atoms with Crippen LogP contribution in [0.5, 0.6) is 0 Å². The molecule has 1 fully saturated rings. The highest BCUT2D eigenvalue weighted by atomic mass is 19.1. The molecule has 0 saturated carbocycles. The molecule has 0 aliphatic carbocycles. The Kier molecular flexibility index (Phi) is 5.00. The minimum atomic E-state index is -0.309. The summed E-state index contributed by atoms with van der Waals surface area (Å²) in [4.78, 5) is 2.17. The summed E-state index contributed by atoms with van der Waals surface area (Å²) in [5, 5.41) is 13.4. The first kappa shape index (κ1) is 15.3. The lowest BCUT2D eigenvalue weighted by Gasteiger charge is -2.37. The van der Waals surface area contributed by atoms with Gasteiger partial charge in [0.05, 0.1) is 6.10 Å². The van der Waals surface area contributed by atoms with E-state index in [9.17, 15) is 9.50 Å². The van der Waals surface area contributed by atoms with Gasteiger partial charge in [-0.25, -0.2) is 4.39 Å². The second kappa shape index (κ2) is 6.55. The fourth-order valence-corrected chi connectivity index (χ4v) is 2.84. The summed E-state index contributed by atoms with van der Waals surface area (Å²) in [5.74, 6) is 0.126. The molecule has 0 aromatic heterocycles. The molecule has 2 N–H and O–H groups in total. The molecule has 20 heavy (non-hydrogen) atoms. The van der Waals surface area contributed by atoms with Crippen LogP contribution in [-0.4, -0.2) is 30.8 Å². The molecule has 1 heterocycles. The average molecular weight is 280 g/mol. The molecule has 112 valence electrons. The van der Waals surface area contributed by atoms with E-state index < -0.39 is 0 Å². The fourth-order valence-electron chi connectivity index (χ4n) is 2.84. The van der Waals surface area contributed by atoms with Crippen LogP contribution in [0.4, 0.5) is 10.1 Å². The maximum Gasteiger partial charge on any atom is 0.123 e. The Morgan fingerprint density at radius 1 is 1.50 bits per heavy atom. The van der Waals surface area contributed by atoms with Crippen LogP contribution in [0.25, 0.3) is 0 Å². The summed E-state index contributed by atoms with van der Waals surface area (Å²) in [5.41, 5.74) is 2.00. The molecule has 3 nitrogen and oxygen atoms in total. The highest BCUT2D eigenvalue weighted by molar-refractivity contribution is 5.55. The van der Waals surface area contributed by atoms with E-state index >= 15 is 0 Å². The molecule has 1 aromatic rings. The number of hydrogen-bond acceptors (Lipinski definition) is 3. The molecule has 1 aliphatic heterocycles. The summed E-state index contributed by atoms with van der Waals surface area (Å²) in [7, 11) is 0. The number of benzene rings is 1. The number of β-amino-alcohol motifs (C(OH)–C–C–N with tert-alkyl or cyclic N) is 1. The number of nitrogens with one attached hydrogen (secondary N) is 1. The minimum absolute atomic E-state index is 0.0993. The molecule has 4 heteroatoms. The van der Waals surface area contributed by atoms with Crippen LogP contribution in [-0.2, 0) is 0 Å². The van der Waals surface area contributed by atoms with E-state index in [0.717, 1.165) is 30.8 Å². The van der Waals surface area contributed by atoms with Crippen molar-refractivity contribution in [3.63, 3.8) is 0 Å². The zero-order valence-electron chi connectivity index (χ0n) is 12.6. The Morgan fingerprint density at radius 2 is 2.25 bits per heavy atom. The molecule has 0 radical (unpaired) electrons. The summed E-state index contributed by atoms with van der Waals surface area (Å²) in [6, 6.07) is 5.04. The van der Waals surface area contributed by atoms with E-state index in [1.165, 1.54) is 6.07 Å². The van der Waals surface area contributed by atoms with Gasteiger partial charge in [-0.05, 0) is 49.6 Å². The number of hydrogen-bond donors (Lipinski definition) is 2. The van der Waals surface area contributed by atoms with Gasteiger partial charge in [-0.3, -0.25) is 0 Å². The topological polar surface area (TPSA) is 35.5 Å². The van der Waals surface area contributed by atoms with Gasteiger partial charge in [0.15, 0.2) is 0 Å². The van der Waals surface area contributed by atoms with Crippen molar-refractivity contribution in [3.8, 4) is 0 Å². The first-order valence-electron chi connectivity index (χ1n) is 7.48. The zero-order chi connectivity index (χ0) is 14.7. The van der Waals surface area contributed by atoms with Crippen LogP contribution in [0.3, 0.4) is 0 Å². The zero-order valence-corrected chi connectivity index (χ0v) is 12.6. The fraction of sp³-hybridized carbons (Fsp3) is 0.625. The van der Waals surface area contributed by atoms with Crippen molar-refractivity contribution in [2.75, 3.05) is 24.5 Å². The molecule has 0 amide bonds. The third-order valence-electron chi connectivity index (χ3n) is 4.23. The monoisotopic (exact) mass is 280 g/mol. The predicted molar refractivity (Wildman–Crippen MR) is 80.5 cm³/mol. The van der Waals surface area contributed by atoms with Crippen LogP contribution in [0.1, 0.15) is 38.8 Å². The number of nitrogens with zero attached hydrogens (tertiary/aromatic N) is 1. The maximum absolute atomic E-state index is 13.6. The number of halogens is 1. The van der Waals surface area contributed by atoms with E-state index in [2.05, 4.69) is 17.1 Å². The standard InChI is InChI=1S/C16H25FN2O/c1-4-18-12(3)14-9-13(17)5-6-15(14)19-8-7-11(2)16(20)10-19/h5-6,9,11-12,16,18,20H,4,7-8,10H2,1-3H3. The Balaban J connectivity index is 2.26. The lowest BCUT2D eigenvalue weighted by molar-refractivity contribution is 0.103. The number of piperidine rings is 1. The number of aliphatic hydroxyl groups is 1. The second-order valence-corrected chi connectivity index (χ2v) is 5.76. The molecule has 0 spiro atoms. The molecule has 2 rings (SSSR count). The van der Waals surface area contributed by atoms with Gasteiger partial charge in [0.2, 0.25) is 0 Å². The molecule has 1 saturated heterocycles. The molecule has 3 atom stereocenters. The van der Waals surface area contributed by atoms with E-state index in [0.29, 0.717) is 12.5 Å². The summed E-state index contributed by atoms with van der Waals surface area (Å²) >= 11 is 0. The van der Waals surface area contributed by atoms with Crippen LogP contribution in [0.2, 0.25) is 0 Å². The third kappa shape index (κ3) is 3.30. The summed E-state index contributed by atoms with van der Waals surface area (Å²) < 4.78 is 13.6. The summed E-state index contributed by atoms with van der Waals surface area (Å²) in [6.45, 7) is 8.55. The van der Waals surface area contributed by atoms with Crippen molar-refractivity contribution in [3.05, 3.63) is 29.6 Å². The molecular formula is C16H25FN2O. The van der Waals surface area contributed by atoms with Gasteiger partial charge in [-0.2, -0.15) is 0 Å². The molecular weight excluding hydrogens is 255 g/mol. The Bertz CT molecular complexity index is 452. The Hall–Kier alpha value is -1.13. The van der Waals surface area contributed by atoms with Crippen molar-refractivity contribution >= 4 is 5.69 Å². The van der Waals surface area contributed by atoms with E-state index in [4.69, 9.17) is 0 Å². The van der Waals surface area contributed by atoms with Gasteiger partial charge in [0, 0.05) is 24.8 Å². The van der Waals surface area contributed by atoms with Crippen LogP contribution >= 0.6 is 0 Å². The highest BCUT2D eigenvalue weighted by Crippen LogP contribution is 2.30. The number of anilines is 1. The van der Waals surface area contributed by atoms with Crippen molar-refractivity contribution in [1.29, 1.82) is 0 Å². The van der Waals surface area contributed by atoms with Crippen LogP contribution in [0.15, 0.2) is 18.2 Å². The van der Waals surface area contributed by atoms with Crippen molar-refractivity contribution in [2.24, 2.45) is 5.92 Å². The molecule has 3 unspecified atom stereocenters. The van der Waals surface area contributed by atoms with Gasteiger partial charge >= 0.3 is 0 Å². The van der Waals surface area contributed by atoms with Gasteiger partial charge in [0.1, 0.15) is 5.82 Å². The van der Waals surface area contributed by atoms with Crippen molar-refractivity contribution in [1.82, 2.24) is 5.32 Å². The number of aliphatic hydroxyl groups excluding tert-OH is 1. The van der Waals surface area contributed by atoms with Crippen molar-refractivity contribution in [2.45, 2.75) is 39.3 Å². The van der Waals surface area contributed by atoms with Gasteiger partial charge in [0.25, 0.3) is 0 Å². The smallest absolute Gasteiger partial charge is 0.123 e. The Morgan fingerprint density at radius 3 is 2.90 bits per heavy atom. The average Bonchev–Trinajstić information content (AvgIpc) is 2.42. The van der Waals surface area contributed by atoms with E-state index in [1.807, 2.05) is 19.9 Å². The highest BCUT2D eigenvalue weighted by Gasteiger charge is 2.26. The normalized spacial score (nSPS) is 24.8. The van der Waals surface area contributed by atoms with Gasteiger partial charge in [-0.15, -0.1) is 0 Å². The molecule has 0 bridgehead atoms. The van der Waals surface area contributed by atoms with Crippen LogP contribution < -0.4 is 10.2 Å². The van der Waals surface area contributed by atoms with Gasteiger partial charge < -0.3 is 15.3 Å². The van der Waals surface area contributed by atoms with Crippen LogP contribution in [0, 0.1) is 11.7 Å². The SMILES string of the molecule is CCNC(C)c1cc(F)ccc1N1CCC(C)C(O)C1. The second-order valence-electron chi connectivity index (χ2n) is 5.76. The predicted octanol–water partition coefficient (Wildman–Crippen LogP) is 2.70. The van der Waals surface area contributed by atoms with E-state index in [1.54, 1.807) is 6.07 Å².